The molecule has 6 aromatic heterocycles. The quantitative estimate of drug-likeness (QED) is 0.142. The maximum atomic E-state index is 5.24. The Hall–Kier alpha value is -13.3. The Morgan fingerprint density at radius 2 is 0.393 bits per heavy atom. The summed E-state index contributed by atoms with van der Waals surface area (Å²) < 4.78 is 7.12. The van der Waals surface area contributed by atoms with Crippen molar-refractivity contribution in [1.29, 1.82) is 0 Å². The van der Waals surface area contributed by atoms with Crippen molar-refractivity contribution < 1.29 is 0 Å². The molecule has 0 bridgehead atoms. The van der Waals surface area contributed by atoms with Gasteiger partial charge in [-0.3, -0.25) is 13.2 Å². The number of rotatable bonds is 0. The van der Waals surface area contributed by atoms with Crippen molar-refractivity contribution in [3.05, 3.63) is 358 Å². The molecule has 6 heteroatoms. The predicted molar refractivity (Wildman–Crippen MR) is 603 cm³/mol. The van der Waals surface area contributed by atoms with Crippen LogP contribution in [0.15, 0.2) is 291 Å². The molecule has 0 saturated carbocycles. The van der Waals surface area contributed by atoms with Crippen LogP contribution in [0.2, 0.25) is 0 Å². The van der Waals surface area contributed by atoms with E-state index in [0.717, 1.165) is 72.0 Å². The zero-order chi connectivity index (χ0) is 98.0. The van der Waals surface area contributed by atoms with Crippen molar-refractivity contribution in [2.45, 2.75) is 246 Å². The van der Waals surface area contributed by atoms with Gasteiger partial charge in [-0.25, -0.2) is 15.0 Å². The molecule has 0 fully saturated rings. The molecular formula is C129H150N6. The van der Waals surface area contributed by atoms with Crippen LogP contribution < -0.4 is 0 Å². The topological polar surface area (TPSA) is 51.9 Å². The molecule has 6 aliphatic carbocycles. The molecule has 6 heterocycles. The van der Waals surface area contributed by atoms with Crippen LogP contribution in [0, 0.1) is 0 Å². The van der Waals surface area contributed by atoms with Gasteiger partial charge in [0.2, 0.25) is 0 Å². The molecule has 0 saturated heterocycles. The highest BCUT2D eigenvalue weighted by atomic mass is 15.0. The Bertz CT molecular complexity index is 7560. The molecule has 696 valence electrons. The molecule has 21 aromatic rings. The Morgan fingerprint density at radius 1 is 0.156 bits per heavy atom. The second-order valence-electron chi connectivity index (χ2n) is 29.9. The number of nitrogens with zero attached hydrogens (tertiary/aromatic N) is 6. The minimum absolute atomic E-state index is 0.981. The van der Waals surface area contributed by atoms with Crippen molar-refractivity contribution in [1.82, 2.24) is 28.2 Å². The number of para-hydroxylation sites is 3. The maximum absolute atomic E-state index is 5.24. The van der Waals surface area contributed by atoms with Crippen LogP contribution in [0.1, 0.15) is 274 Å². The summed E-state index contributed by atoms with van der Waals surface area (Å²) in [7, 11) is 0. The lowest BCUT2D eigenvalue weighted by atomic mass is 9.94. The highest BCUT2D eigenvalue weighted by Crippen LogP contribution is 2.54. The SMILES string of the molecule is CC.CC.CC.CC.CC.CC.CC.CC.CC.CC.CC.CC.CC.CC.CC.c1ccc2c(c1)Cc1c-2ccc2c1-c1cc3c(cc1C2)nc1c2ccccc2c2ccccc2n31.c1ccc2c(c1)Cc1c-2ccc2c1-c1cc3nc4c5ccccc5c5ccccc5n4c3cc1C2.c1ccc2c(c1)Cc1ccc3c(c1-2)-c1cc2nc4c5ccccc5c5ccccc5n4c2cc1C3. The van der Waals surface area contributed by atoms with Gasteiger partial charge < -0.3 is 0 Å². The number of pyridine rings is 3. The summed E-state index contributed by atoms with van der Waals surface area (Å²) in [4.78, 5) is 15.7. The first-order valence-electron chi connectivity index (χ1n) is 52.0. The summed E-state index contributed by atoms with van der Waals surface area (Å²) >= 11 is 0. The van der Waals surface area contributed by atoms with E-state index < -0.39 is 0 Å². The summed E-state index contributed by atoms with van der Waals surface area (Å²) in [5.41, 5.74) is 47.8. The molecule has 0 amide bonds. The first kappa shape index (κ1) is 104. The minimum atomic E-state index is 0.981. The van der Waals surface area contributed by atoms with E-state index in [0.29, 0.717) is 0 Å². The largest absolute Gasteiger partial charge is 0.292 e. The fourth-order valence-corrected chi connectivity index (χ4v) is 20.2. The van der Waals surface area contributed by atoms with Crippen LogP contribution in [0.25, 0.3) is 182 Å². The number of hydrogen-bond acceptors (Lipinski definition) is 3. The second-order valence-corrected chi connectivity index (χ2v) is 29.9. The lowest BCUT2D eigenvalue weighted by Gasteiger charge is -2.10. The molecule has 0 atom stereocenters. The zero-order valence-corrected chi connectivity index (χ0v) is 87.1. The molecule has 135 heavy (non-hydrogen) atoms. The van der Waals surface area contributed by atoms with Gasteiger partial charge in [-0.2, -0.15) is 0 Å². The van der Waals surface area contributed by atoms with Crippen LogP contribution in [-0.2, 0) is 38.5 Å². The summed E-state index contributed by atoms with van der Waals surface area (Å²) in [6.07, 6.45) is 6.03. The highest BCUT2D eigenvalue weighted by molar-refractivity contribution is 6.17. The average molecular weight is 1780 g/mol. The van der Waals surface area contributed by atoms with Crippen LogP contribution in [0.3, 0.4) is 0 Å². The van der Waals surface area contributed by atoms with Crippen LogP contribution in [0.5, 0.6) is 0 Å². The molecule has 6 aliphatic rings. The van der Waals surface area contributed by atoms with Crippen LogP contribution in [0.4, 0.5) is 0 Å². The first-order valence-corrected chi connectivity index (χ1v) is 52.0. The van der Waals surface area contributed by atoms with Gasteiger partial charge in [-0.15, -0.1) is 0 Å². The van der Waals surface area contributed by atoms with E-state index in [1.807, 2.05) is 208 Å². The lowest BCUT2D eigenvalue weighted by Crippen LogP contribution is -1.92. The Kier molecular flexibility index (Phi) is 37.7. The zero-order valence-electron chi connectivity index (χ0n) is 87.1. The van der Waals surface area contributed by atoms with E-state index in [1.54, 1.807) is 0 Å². The molecule has 0 N–H and O–H groups in total. The first-order chi connectivity index (χ1) is 67.0. The summed E-state index contributed by atoms with van der Waals surface area (Å²) in [5, 5.41) is 11.2. The van der Waals surface area contributed by atoms with E-state index in [9.17, 15) is 0 Å². The molecular weight excluding hydrogens is 1630 g/mol. The van der Waals surface area contributed by atoms with E-state index >= 15 is 0 Å². The van der Waals surface area contributed by atoms with E-state index in [-0.39, 0.29) is 0 Å². The predicted octanol–water partition coefficient (Wildman–Crippen LogP) is 39.2. The van der Waals surface area contributed by atoms with Crippen LogP contribution >= 0.6 is 0 Å². The third-order valence-corrected chi connectivity index (χ3v) is 24.6. The van der Waals surface area contributed by atoms with Gasteiger partial charge in [0.15, 0.2) is 0 Å². The van der Waals surface area contributed by atoms with Crippen molar-refractivity contribution in [3.8, 4) is 66.8 Å². The number of imidazole rings is 3. The van der Waals surface area contributed by atoms with Gasteiger partial charge >= 0.3 is 0 Å². The van der Waals surface area contributed by atoms with Crippen LogP contribution in [-0.4, -0.2) is 28.2 Å². The summed E-state index contributed by atoms with van der Waals surface area (Å²) in [6, 6.07) is 107. The molecule has 0 aliphatic heterocycles. The Morgan fingerprint density at radius 3 is 0.748 bits per heavy atom. The van der Waals surface area contributed by atoms with Crippen molar-refractivity contribution >= 4 is 115 Å². The number of fused-ring (bicyclic) bond motifs is 45. The third-order valence-electron chi connectivity index (χ3n) is 24.6. The minimum Gasteiger partial charge on any atom is -0.292 e. The third kappa shape index (κ3) is 18.3. The smallest absolute Gasteiger partial charge is 0.146 e. The van der Waals surface area contributed by atoms with E-state index in [4.69, 9.17) is 15.0 Å². The molecule has 0 radical (unpaired) electrons. The molecule has 0 spiro atoms. The molecule has 15 aromatic carbocycles. The fraction of sp³-hybridized carbons (Fsp3) is 0.279. The number of aromatic nitrogens is 6. The summed E-state index contributed by atoms with van der Waals surface area (Å²) in [6.45, 7) is 60.0. The highest BCUT2D eigenvalue weighted by Gasteiger charge is 2.34. The Labute approximate surface area is 808 Å². The maximum Gasteiger partial charge on any atom is 0.146 e. The molecule has 0 unspecified atom stereocenters. The van der Waals surface area contributed by atoms with E-state index in [1.165, 1.54) is 215 Å². The summed E-state index contributed by atoms with van der Waals surface area (Å²) in [5.74, 6) is 0. The average Bonchev–Trinajstić information content (AvgIpc) is 1.56. The van der Waals surface area contributed by atoms with Gasteiger partial charge in [0, 0.05) is 32.3 Å². The van der Waals surface area contributed by atoms with Gasteiger partial charge in [-0.05, 0) is 243 Å². The van der Waals surface area contributed by atoms with Gasteiger partial charge in [0.05, 0.1) is 49.7 Å². The van der Waals surface area contributed by atoms with Gasteiger partial charge in [0.25, 0.3) is 0 Å². The second kappa shape index (κ2) is 49.1. The van der Waals surface area contributed by atoms with E-state index in [2.05, 4.69) is 304 Å². The monoisotopic (exact) mass is 1780 g/mol. The fourth-order valence-electron chi connectivity index (χ4n) is 20.2. The molecule has 27 rings (SSSR count). The van der Waals surface area contributed by atoms with Crippen molar-refractivity contribution in [3.63, 3.8) is 0 Å². The Balaban J connectivity index is 0.000000184. The van der Waals surface area contributed by atoms with Gasteiger partial charge in [0.1, 0.15) is 16.9 Å². The number of hydrogen-bond donors (Lipinski definition) is 0. The van der Waals surface area contributed by atoms with Crippen molar-refractivity contribution in [2.24, 2.45) is 0 Å². The normalized spacial score (nSPS) is 11.2. The van der Waals surface area contributed by atoms with Gasteiger partial charge in [-0.1, -0.05) is 444 Å². The molecule has 6 nitrogen and oxygen atoms in total. The lowest BCUT2D eigenvalue weighted by molar-refractivity contribution is 1.23. The van der Waals surface area contributed by atoms with Crippen molar-refractivity contribution in [2.75, 3.05) is 0 Å². The standard InChI is InChI=1S/3C33H20N2.15C2H6/c1-2-8-22-19(7-1)16-28-24(22)14-13-20-15-21-17-31-29(18-27(21)32(20)28)34-33-26-11-4-3-9-23(26)25-10-5-6-12-30(25)35(31)33;1-2-8-22-19(7-1)16-28-24(22)14-13-20-15-21-17-29-31(18-27(21)32(20)28)35-30-12-6-5-10-25(30)23-9-3-4-11-26(23)33(35)34-29;1-2-8-23-19(7-1)15-20-13-14-21-16-22-17-30-28(18-27(22)32(21)31(20)23)34-33-26-11-4-3-9-24(26)25-10-5-6-12-29(25)35(30)33;15*1-2/h3*1-14,17-18H,15-16H2;15*1-2H3. The number of benzene rings is 15.